The maximum atomic E-state index is 9.96. The van der Waals surface area contributed by atoms with E-state index in [0.717, 1.165) is 36.2 Å². The van der Waals surface area contributed by atoms with E-state index in [0.29, 0.717) is 5.92 Å². The van der Waals surface area contributed by atoms with E-state index in [4.69, 9.17) is 11.6 Å². The topological polar surface area (TPSA) is 36.0 Å². The molecule has 1 aliphatic rings. The molecule has 18 heavy (non-hydrogen) atoms. The van der Waals surface area contributed by atoms with Crippen LogP contribution >= 0.6 is 11.6 Å². The van der Waals surface area contributed by atoms with Crippen LogP contribution in [0.15, 0.2) is 18.2 Å². The Bertz CT molecular complexity index is 575. The summed E-state index contributed by atoms with van der Waals surface area (Å²) in [5.74, 6) is 0.415. The molecule has 1 heterocycles. The van der Waals surface area contributed by atoms with Crippen molar-refractivity contribution < 1.29 is 5.11 Å². The van der Waals surface area contributed by atoms with Crippen LogP contribution in [0, 0.1) is 12.8 Å². The van der Waals surface area contributed by atoms with Gasteiger partial charge in [0.15, 0.2) is 0 Å². The zero-order valence-electron chi connectivity index (χ0n) is 10.5. The number of aromatic nitrogens is 1. The molecule has 96 valence electrons. The summed E-state index contributed by atoms with van der Waals surface area (Å²) >= 11 is 6.01. The number of hydrogen-bond acceptors (Lipinski definition) is 1. The molecule has 1 aromatic heterocycles. The van der Waals surface area contributed by atoms with E-state index in [1.54, 1.807) is 0 Å². The Hall–Kier alpha value is -0.990. The van der Waals surface area contributed by atoms with Gasteiger partial charge in [-0.2, -0.15) is 0 Å². The largest absolute Gasteiger partial charge is 0.393 e. The highest BCUT2D eigenvalue weighted by Gasteiger charge is 2.26. The third kappa shape index (κ3) is 2.04. The Balaban J connectivity index is 1.98. The first-order chi connectivity index (χ1) is 8.65. The second-order valence-corrected chi connectivity index (χ2v) is 5.82. The highest BCUT2D eigenvalue weighted by atomic mass is 35.5. The molecular weight excluding hydrogens is 246 g/mol. The number of aliphatic hydroxyl groups excluding tert-OH is 1. The molecule has 0 spiro atoms. The number of aromatic amines is 1. The molecule has 2 aromatic rings. The molecule has 0 aliphatic heterocycles. The molecular formula is C15H18ClNO. The van der Waals surface area contributed by atoms with Crippen molar-refractivity contribution in [3.63, 3.8) is 0 Å². The van der Waals surface area contributed by atoms with Crippen LogP contribution in [0.5, 0.6) is 0 Å². The normalized spacial score (nSPS) is 23.9. The predicted octanol–water partition coefficient (Wildman–Crippen LogP) is 3.83. The SMILES string of the molecule is Cc1[nH]c2cc(Cl)ccc2c1CC1CCCC1O. The number of fused-ring (bicyclic) bond motifs is 1. The maximum Gasteiger partial charge on any atom is 0.0571 e. The number of nitrogens with one attached hydrogen (secondary N) is 1. The quantitative estimate of drug-likeness (QED) is 0.849. The van der Waals surface area contributed by atoms with Crippen molar-refractivity contribution in [2.75, 3.05) is 0 Å². The Morgan fingerprint density at radius 1 is 1.39 bits per heavy atom. The molecule has 1 aromatic carbocycles. The second kappa shape index (κ2) is 4.60. The molecule has 0 saturated heterocycles. The molecule has 2 atom stereocenters. The average Bonchev–Trinajstić information content (AvgIpc) is 2.85. The van der Waals surface area contributed by atoms with Gasteiger partial charge in [0.05, 0.1) is 6.10 Å². The van der Waals surface area contributed by atoms with Gasteiger partial charge in [-0.15, -0.1) is 0 Å². The molecule has 0 radical (unpaired) electrons. The first-order valence-electron chi connectivity index (χ1n) is 6.60. The number of rotatable bonds is 2. The fourth-order valence-electron chi connectivity index (χ4n) is 3.14. The van der Waals surface area contributed by atoms with Crippen LogP contribution in [0.3, 0.4) is 0 Å². The molecule has 0 bridgehead atoms. The molecule has 2 unspecified atom stereocenters. The van der Waals surface area contributed by atoms with Crippen LogP contribution < -0.4 is 0 Å². The standard InChI is InChI=1S/C15H18ClNO/c1-9-13(7-10-3-2-4-15(10)18)12-6-5-11(16)8-14(12)17-9/h5-6,8,10,15,17-18H,2-4,7H2,1H3. The van der Waals surface area contributed by atoms with Crippen LogP contribution in [0.1, 0.15) is 30.5 Å². The first kappa shape index (κ1) is 12.1. The summed E-state index contributed by atoms with van der Waals surface area (Å²) in [6, 6.07) is 5.99. The van der Waals surface area contributed by atoms with Gasteiger partial charge >= 0.3 is 0 Å². The predicted molar refractivity (Wildman–Crippen MR) is 75.1 cm³/mol. The zero-order chi connectivity index (χ0) is 12.7. The minimum Gasteiger partial charge on any atom is -0.393 e. The van der Waals surface area contributed by atoms with Gasteiger partial charge in [0.1, 0.15) is 0 Å². The van der Waals surface area contributed by atoms with Crippen molar-refractivity contribution in [3.8, 4) is 0 Å². The fraction of sp³-hybridized carbons (Fsp3) is 0.467. The fourth-order valence-corrected chi connectivity index (χ4v) is 3.32. The third-order valence-corrected chi connectivity index (χ3v) is 4.40. The lowest BCUT2D eigenvalue weighted by Crippen LogP contribution is -2.15. The third-order valence-electron chi connectivity index (χ3n) is 4.17. The number of aliphatic hydroxyl groups is 1. The molecule has 1 fully saturated rings. The van der Waals surface area contributed by atoms with E-state index >= 15 is 0 Å². The van der Waals surface area contributed by atoms with E-state index in [-0.39, 0.29) is 6.10 Å². The summed E-state index contributed by atoms with van der Waals surface area (Å²) in [6.07, 6.45) is 4.09. The van der Waals surface area contributed by atoms with Gasteiger partial charge in [-0.05, 0) is 49.8 Å². The van der Waals surface area contributed by atoms with Crippen molar-refractivity contribution in [1.82, 2.24) is 4.98 Å². The van der Waals surface area contributed by atoms with Gasteiger partial charge in [0, 0.05) is 21.6 Å². The Kier molecular flexibility index (Phi) is 3.08. The molecule has 3 rings (SSSR count). The number of hydrogen-bond donors (Lipinski definition) is 2. The van der Waals surface area contributed by atoms with Gasteiger partial charge in [0.25, 0.3) is 0 Å². The van der Waals surface area contributed by atoms with E-state index in [1.165, 1.54) is 16.6 Å². The van der Waals surface area contributed by atoms with Crippen molar-refractivity contribution in [3.05, 3.63) is 34.5 Å². The monoisotopic (exact) mass is 263 g/mol. The lowest BCUT2D eigenvalue weighted by molar-refractivity contribution is 0.133. The zero-order valence-corrected chi connectivity index (χ0v) is 11.3. The Morgan fingerprint density at radius 2 is 2.22 bits per heavy atom. The van der Waals surface area contributed by atoms with Crippen LogP contribution in [-0.4, -0.2) is 16.2 Å². The van der Waals surface area contributed by atoms with E-state index in [1.807, 2.05) is 12.1 Å². The second-order valence-electron chi connectivity index (χ2n) is 5.38. The van der Waals surface area contributed by atoms with E-state index < -0.39 is 0 Å². The maximum absolute atomic E-state index is 9.96. The van der Waals surface area contributed by atoms with Crippen LogP contribution in [0.4, 0.5) is 0 Å². The van der Waals surface area contributed by atoms with Crippen LogP contribution in [-0.2, 0) is 6.42 Å². The smallest absolute Gasteiger partial charge is 0.0571 e. The molecule has 2 N–H and O–H groups in total. The first-order valence-corrected chi connectivity index (χ1v) is 6.97. The molecule has 1 saturated carbocycles. The van der Waals surface area contributed by atoms with Gasteiger partial charge in [-0.1, -0.05) is 24.1 Å². The number of halogens is 1. The Morgan fingerprint density at radius 3 is 2.94 bits per heavy atom. The summed E-state index contributed by atoms with van der Waals surface area (Å²) in [7, 11) is 0. The Labute approximate surface area is 112 Å². The minimum atomic E-state index is -0.123. The van der Waals surface area contributed by atoms with Crippen LogP contribution in [0.2, 0.25) is 5.02 Å². The molecule has 1 aliphatic carbocycles. The summed E-state index contributed by atoms with van der Waals surface area (Å²) in [5, 5.41) is 12.0. The van der Waals surface area contributed by atoms with Gasteiger partial charge in [-0.25, -0.2) is 0 Å². The van der Waals surface area contributed by atoms with Gasteiger partial charge in [0.2, 0.25) is 0 Å². The molecule has 0 amide bonds. The van der Waals surface area contributed by atoms with Crippen molar-refractivity contribution in [2.24, 2.45) is 5.92 Å². The van der Waals surface area contributed by atoms with Gasteiger partial charge in [-0.3, -0.25) is 0 Å². The lowest BCUT2D eigenvalue weighted by Gasteiger charge is -2.14. The van der Waals surface area contributed by atoms with Crippen molar-refractivity contribution in [2.45, 2.75) is 38.7 Å². The summed E-state index contributed by atoms with van der Waals surface area (Å²) in [4.78, 5) is 3.39. The van der Waals surface area contributed by atoms with Crippen molar-refractivity contribution >= 4 is 22.5 Å². The minimum absolute atomic E-state index is 0.123. The molecule has 2 nitrogen and oxygen atoms in total. The summed E-state index contributed by atoms with van der Waals surface area (Å²) in [6.45, 7) is 2.10. The molecule has 3 heteroatoms. The van der Waals surface area contributed by atoms with E-state index in [9.17, 15) is 5.11 Å². The number of H-pyrrole nitrogens is 1. The highest BCUT2D eigenvalue weighted by Crippen LogP contribution is 2.33. The lowest BCUT2D eigenvalue weighted by atomic mass is 9.94. The summed E-state index contributed by atoms with van der Waals surface area (Å²) < 4.78 is 0. The average molecular weight is 264 g/mol. The van der Waals surface area contributed by atoms with Gasteiger partial charge < -0.3 is 10.1 Å². The highest BCUT2D eigenvalue weighted by molar-refractivity contribution is 6.31. The van der Waals surface area contributed by atoms with Crippen molar-refractivity contribution in [1.29, 1.82) is 0 Å². The summed E-state index contributed by atoms with van der Waals surface area (Å²) in [5.41, 5.74) is 3.64. The van der Waals surface area contributed by atoms with E-state index in [2.05, 4.69) is 18.0 Å². The number of benzene rings is 1. The van der Waals surface area contributed by atoms with Crippen LogP contribution in [0.25, 0.3) is 10.9 Å². The number of aryl methyl sites for hydroxylation is 1.